The van der Waals surface area contributed by atoms with Crippen LogP contribution in [0.2, 0.25) is 0 Å². The Kier molecular flexibility index (Phi) is 13.9. The van der Waals surface area contributed by atoms with Gasteiger partial charge in [-0.2, -0.15) is 4.98 Å². The van der Waals surface area contributed by atoms with Crippen LogP contribution >= 0.6 is 22.7 Å². The van der Waals surface area contributed by atoms with Crippen LogP contribution in [0.25, 0.3) is 43.5 Å². The van der Waals surface area contributed by atoms with Gasteiger partial charge in [-0.1, -0.05) is 12.1 Å². The van der Waals surface area contributed by atoms with Crippen LogP contribution in [0.4, 0.5) is 26.4 Å². The molecule has 9 aromatic heterocycles. The lowest BCUT2D eigenvalue weighted by molar-refractivity contribution is -0.120. The molecule has 10 heterocycles. The van der Waals surface area contributed by atoms with E-state index in [1.165, 1.54) is 82.0 Å². The predicted octanol–water partition coefficient (Wildman–Crippen LogP) is 3.66. The average Bonchev–Trinajstić information content (AvgIpc) is 4.34. The number of nitrogens with zero attached hydrogens (tertiary/aromatic N) is 16. The van der Waals surface area contributed by atoms with Crippen LogP contribution in [0, 0.1) is 25.7 Å². The van der Waals surface area contributed by atoms with E-state index in [4.69, 9.17) is 4.52 Å². The van der Waals surface area contributed by atoms with Crippen molar-refractivity contribution in [1.82, 2.24) is 72.4 Å². The summed E-state index contributed by atoms with van der Waals surface area (Å²) in [6.07, 6.45) is 9.06. The molecule has 0 aromatic carbocycles. The normalized spacial score (nSPS) is 15.3. The second-order valence-corrected chi connectivity index (χ2v) is 20.6. The van der Waals surface area contributed by atoms with Gasteiger partial charge in [-0.15, -0.1) is 22.7 Å². The third kappa shape index (κ3) is 10.3. The summed E-state index contributed by atoms with van der Waals surface area (Å²) in [4.78, 5) is 126. The van der Waals surface area contributed by atoms with Crippen molar-refractivity contribution in [3.63, 3.8) is 0 Å². The molecule has 404 valence electrons. The Labute approximate surface area is 446 Å². The highest BCUT2D eigenvalue weighted by Gasteiger charge is 2.45. The number of aryl methyl sites for hydroxylation is 4. The zero-order chi connectivity index (χ0) is 55.5. The van der Waals surface area contributed by atoms with E-state index in [1.54, 1.807) is 43.9 Å². The van der Waals surface area contributed by atoms with Crippen LogP contribution in [0.15, 0.2) is 71.8 Å². The first-order chi connectivity index (χ1) is 37.2. The van der Waals surface area contributed by atoms with Gasteiger partial charge in [-0.3, -0.25) is 42.7 Å². The van der Waals surface area contributed by atoms with E-state index in [0.717, 1.165) is 63.8 Å². The standard InChI is InChI=1S/C25H27N9O4S.C23H21F2N9O4S/c1-4-17(35)10-33-23(37)19-20(31(3)25(33)38)28-12-34(19)13(2)21(36)29-18-11-39-22(30-18)16-6-26-24(27-7-16)32-8-14-5-15(14)9-32;1-11-14(23(3,24)25)5-13(6-26-11)20-30-15(9-39-20)29-16(35)7-33-10-27-19-18(33)21(36)34(22(37)32(19)4)8-17-28-12(2)31-38-17/h6-7,11-15H,4-5,8-10H2,1-3H3,(H,29,36);5-6,9-10H,7-8H2,1-4H3,(H,29,35)/t13-,14?,15?;/m0./s1. The molecule has 3 atom stereocenters. The van der Waals surface area contributed by atoms with Gasteiger partial charge in [0.05, 0.1) is 19.2 Å². The zero-order valence-corrected chi connectivity index (χ0v) is 44.4. The molecular weight excluding hydrogens is 1060 g/mol. The summed E-state index contributed by atoms with van der Waals surface area (Å²) in [6, 6.07) is 0.477. The van der Waals surface area contributed by atoms with E-state index in [0.29, 0.717) is 27.2 Å². The summed E-state index contributed by atoms with van der Waals surface area (Å²) in [5, 5.41) is 13.4. The summed E-state index contributed by atoms with van der Waals surface area (Å²) in [5.41, 5.74) is -1.14. The Balaban J connectivity index is 0.000000176. The van der Waals surface area contributed by atoms with E-state index < -0.39 is 46.3 Å². The van der Waals surface area contributed by atoms with Crippen molar-refractivity contribution >= 4 is 80.2 Å². The molecule has 30 heteroatoms. The molecule has 26 nitrogen and oxygen atoms in total. The first kappa shape index (κ1) is 52.6. The smallest absolute Gasteiger partial charge is 0.332 e. The highest BCUT2D eigenvalue weighted by Crippen LogP contribution is 2.45. The first-order valence-electron chi connectivity index (χ1n) is 24.2. The number of imidazole rings is 2. The Morgan fingerprint density at radius 3 is 2.04 bits per heavy atom. The Hall–Kier alpha value is -8.80. The number of hydrogen-bond donors (Lipinski definition) is 2. The highest BCUT2D eigenvalue weighted by molar-refractivity contribution is 7.13. The number of alkyl halides is 2. The lowest BCUT2D eigenvalue weighted by Gasteiger charge is -2.17. The molecule has 1 aliphatic carbocycles. The van der Waals surface area contributed by atoms with Crippen LogP contribution in [0.3, 0.4) is 0 Å². The number of aromatic nitrogens is 15. The number of hydrogen-bond acceptors (Lipinski definition) is 20. The first-order valence-corrected chi connectivity index (χ1v) is 26.0. The summed E-state index contributed by atoms with van der Waals surface area (Å²) < 4.78 is 39.8. The van der Waals surface area contributed by atoms with Crippen LogP contribution in [-0.2, 0) is 54.0 Å². The van der Waals surface area contributed by atoms with Gasteiger partial charge >= 0.3 is 11.4 Å². The molecule has 1 aliphatic heterocycles. The fraction of sp³-hybridized carbons (Fsp3) is 0.375. The number of carbonyl (C=O) groups excluding carboxylic acids is 3. The number of rotatable bonds is 15. The van der Waals surface area contributed by atoms with Gasteiger partial charge in [0.1, 0.15) is 40.8 Å². The lowest BCUT2D eigenvalue weighted by atomic mass is 10.1. The van der Waals surface area contributed by atoms with Crippen molar-refractivity contribution in [1.29, 1.82) is 0 Å². The highest BCUT2D eigenvalue weighted by atomic mass is 32.1. The van der Waals surface area contributed by atoms with Gasteiger partial charge in [0.15, 0.2) is 33.9 Å². The zero-order valence-electron chi connectivity index (χ0n) is 42.8. The number of carbonyl (C=O) groups is 3. The minimum atomic E-state index is -3.07. The average molecular weight is 1110 g/mol. The van der Waals surface area contributed by atoms with Crippen molar-refractivity contribution in [2.75, 3.05) is 28.6 Å². The van der Waals surface area contributed by atoms with Gasteiger partial charge < -0.3 is 29.2 Å². The molecule has 2 N–H and O–H groups in total. The van der Waals surface area contributed by atoms with Crippen LogP contribution in [0.5, 0.6) is 0 Å². The number of Topliss-reactive ketones (excluding diaryl/α,β-unsaturated/α-hetero) is 1. The Bertz CT molecular complexity index is 4080. The summed E-state index contributed by atoms with van der Waals surface area (Å²) in [5.74, 6) is -0.968. The van der Waals surface area contributed by atoms with Crippen molar-refractivity contribution in [2.24, 2.45) is 25.9 Å². The molecule has 2 aliphatic rings. The largest absolute Gasteiger partial charge is 0.340 e. The maximum atomic E-state index is 13.9. The second-order valence-electron chi connectivity index (χ2n) is 18.9. The second kappa shape index (κ2) is 20.6. The lowest BCUT2D eigenvalue weighted by Crippen LogP contribution is -2.41. The van der Waals surface area contributed by atoms with E-state index in [9.17, 15) is 42.3 Å². The monoisotopic (exact) mass is 1110 g/mol. The Morgan fingerprint density at radius 2 is 1.40 bits per heavy atom. The van der Waals surface area contributed by atoms with Gasteiger partial charge in [0, 0.05) is 92.3 Å². The van der Waals surface area contributed by atoms with Crippen LogP contribution < -0.4 is 38.0 Å². The fourth-order valence-electron chi connectivity index (χ4n) is 9.00. The van der Waals surface area contributed by atoms with E-state index in [1.807, 2.05) is 0 Å². The minimum absolute atomic E-state index is 0.0289. The molecule has 2 unspecified atom stereocenters. The van der Waals surface area contributed by atoms with Crippen molar-refractivity contribution in [3.8, 4) is 21.1 Å². The SMILES string of the molecule is CCC(=O)Cn1c(=O)c2c(ncn2[C@@H](C)C(=O)Nc2csc(-c3cnc(N4CC5CC5C4)nc3)n2)n(C)c1=O.Cc1noc(Cn2c(=O)c3c(ncn3CC(=O)Nc3csc(-c4cnc(C)c(C(C)(F)F)c4)n3)n(C)c2=O)n1. The topological polar surface area (TPSA) is 306 Å². The molecule has 0 radical (unpaired) electrons. The fourth-order valence-corrected chi connectivity index (χ4v) is 10.5. The molecule has 0 bridgehead atoms. The molecule has 9 aromatic rings. The van der Waals surface area contributed by atoms with Gasteiger partial charge in [0.25, 0.3) is 17.0 Å². The molecule has 1 saturated heterocycles. The van der Waals surface area contributed by atoms with Crippen molar-refractivity contribution in [3.05, 3.63) is 113 Å². The van der Waals surface area contributed by atoms with Crippen LogP contribution in [0.1, 0.15) is 62.6 Å². The summed E-state index contributed by atoms with van der Waals surface area (Å²) in [6.45, 7) is 8.32. The third-order valence-corrected chi connectivity index (χ3v) is 15.1. The predicted molar refractivity (Wildman–Crippen MR) is 280 cm³/mol. The number of thiazole rings is 2. The maximum absolute atomic E-state index is 13.9. The number of anilines is 3. The number of pyridine rings is 1. The van der Waals surface area contributed by atoms with Crippen molar-refractivity contribution in [2.45, 2.75) is 79.1 Å². The number of piperidine rings is 1. The Morgan fingerprint density at radius 1 is 0.795 bits per heavy atom. The number of fused-ring (bicyclic) bond motifs is 3. The maximum Gasteiger partial charge on any atom is 0.332 e. The number of ketones is 1. The molecule has 2 fully saturated rings. The summed E-state index contributed by atoms with van der Waals surface area (Å²) in [7, 11) is 2.92. The van der Waals surface area contributed by atoms with Crippen LogP contribution in [-0.4, -0.2) is 103 Å². The quantitative estimate of drug-likeness (QED) is 0.148. The molecule has 2 amide bonds. The molecule has 1 saturated carbocycles. The number of nitrogens with one attached hydrogen (secondary N) is 2. The van der Waals surface area contributed by atoms with E-state index in [-0.39, 0.29) is 77.1 Å². The van der Waals surface area contributed by atoms with E-state index >= 15 is 0 Å². The molecule has 11 rings (SSSR count). The minimum Gasteiger partial charge on any atom is -0.340 e. The van der Waals surface area contributed by atoms with Gasteiger partial charge in [-0.25, -0.2) is 52.8 Å². The molecule has 0 spiro atoms. The molecule has 78 heavy (non-hydrogen) atoms. The van der Waals surface area contributed by atoms with Gasteiger partial charge in [-0.05, 0) is 45.1 Å². The summed E-state index contributed by atoms with van der Waals surface area (Å²) >= 11 is 2.51. The van der Waals surface area contributed by atoms with Gasteiger partial charge in [0.2, 0.25) is 23.7 Å². The van der Waals surface area contributed by atoms with Crippen molar-refractivity contribution < 1.29 is 27.7 Å². The number of halogens is 2. The number of amides is 2. The third-order valence-electron chi connectivity index (χ3n) is 13.3. The van der Waals surface area contributed by atoms with E-state index in [2.05, 4.69) is 60.6 Å². The molecular formula is C48H48F2N18O8S2.